The number of carbonyl (C=O) groups excluding carboxylic acids is 3. The molecule has 1 N–H and O–H groups in total. The first kappa shape index (κ1) is 23.9. The molecule has 1 aromatic carbocycles. The van der Waals surface area contributed by atoms with Gasteiger partial charge in [0.1, 0.15) is 12.1 Å². The van der Waals surface area contributed by atoms with Crippen molar-refractivity contribution in [2.75, 3.05) is 7.05 Å². The van der Waals surface area contributed by atoms with E-state index in [1.165, 1.54) is 4.90 Å². The third kappa shape index (κ3) is 7.15. The number of hydrogen-bond donors (Lipinski definition) is 1. The Hall–Kier alpha value is -2.37. The van der Waals surface area contributed by atoms with E-state index in [1.54, 1.807) is 7.05 Å². The van der Waals surface area contributed by atoms with E-state index in [9.17, 15) is 14.4 Å². The van der Waals surface area contributed by atoms with Crippen molar-refractivity contribution in [2.45, 2.75) is 77.5 Å². The minimum Gasteiger partial charge on any atom is -0.461 e. The molecule has 0 radical (unpaired) electrons. The highest BCUT2D eigenvalue weighted by Gasteiger charge is 2.33. The quantitative estimate of drug-likeness (QED) is 0.443. The minimum atomic E-state index is -0.746. The fraction of sp³-hybridized carbons (Fsp3) is 0.625. The molecule has 2 rings (SSSR count). The Bertz CT molecular complexity index is 686. The van der Waals surface area contributed by atoms with Gasteiger partial charge in [-0.3, -0.25) is 9.59 Å². The topological polar surface area (TPSA) is 75.7 Å². The highest BCUT2D eigenvalue weighted by Crippen LogP contribution is 2.23. The van der Waals surface area contributed by atoms with Crippen LogP contribution in [0.3, 0.4) is 0 Å². The van der Waals surface area contributed by atoms with Crippen LogP contribution in [0.1, 0.15) is 58.4 Å². The Kier molecular flexibility index (Phi) is 9.34. The SMILES string of the molecule is CC(C)CC(C(=O)NC(Cc1ccccc1)C(=O)OC1CCCC1)C(C)N(C)C=O. The third-order valence-electron chi connectivity index (χ3n) is 5.92. The van der Waals surface area contributed by atoms with Gasteiger partial charge in [0.2, 0.25) is 12.3 Å². The first-order valence-electron chi connectivity index (χ1n) is 11.0. The summed E-state index contributed by atoms with van der Waals surface area (Å²) < 4.78 is 5.72. The normalized spacial score (nSPS) is 17.2. The monoisotopic (exact) mass is 416 g/mol. The van der Waals surface area contributed by atoms with E-state index in [4.69, 9.17) is 4.74 Å². The summed E-state index contributed by atoms with van der Waals surface area (Å²) in [6.07, 6.45) is 5.59. The van der Waals surface area contributed by atoms with Crippen LogP contribution in [0, 0.1) is 11.8 Å². The molecule has 30 heavy (non-hydrogen) atoms. The molecule has 1 saturated carbocycles. The maximum absolute atomic E-state index is 13.2. The molecule has 6 heteroatoms. The molecule has 1 aromatic rings. The smallest absolute Gasteiger partial charge is 0.329 e. The molecule has 2 amide bonds. The zero-order chi connectivity index (χ0) is 22.1. The Morgan fingerprint density at radius 2 is 1.80 bits per heavy atom. The number of amides is 2. The average Bonchev–Trinajstić information content (AvgIpc) is 3.23. The number of benzene rings is 1. The summed E-state index contributed by atoms with van der Waals surface area (Å²) in [5.41, 5.74) is 0.963. The Balaban J connectivity index is 2.16. The molecule has 0 spiro atoms. The molecule has 6 nitrogen and oxygen atoms in total. The number of hydrogen-bond acceptors (Lipinski definition) is 4. The lowest BCUT2D eigenvalue weighted by atomic mass is 9.89. The van der Waals surface area contributed by atoms with Crippen LogP contribution < -0.4 is 5.32 Å². The molecule has 1 fully saturated rings. The molecule has 166 valence electrons. The van der Waals surface area contributed by atoms with E-state index in [-0.39, 0.29) is 29.9 Å². The van der Waals surface area contributed by atoms with Crippen molar-refractivity contribution < 1.29 is 19.1 Å². The first-order valence-corrected chi connectivity index (χ1v) is 11.0. The van der Waals surface area contributed by atoms with Gasteiger partial charge in [-0.05, 0) is 50.5 Å². The van der Waals surface area contributed by atoms with E-state index >= 15 is 0 Å². The molecule has 0 aliphatic heterocycles. The van der Waals surface area contributed by atoms with Gasteiger partial charge < -0.3 is 15.0 Å². The molecular weight excluding hydrogens is 380 g/mol. The molecular formula is C24H36N2O4. The third-order valence-corrected chi connectivity index (χ3v) is 5.92. The molecule has 0 saturated heterocycles. The van der Waals surface area contributed by atoms with Gasteiger partial charge >= 0.3 is 5.97 Å². The lowest BCUT2D eigenvalue weighted by Crippen LogP contribution is -2.50. The largest absolute Gasteiger partial charge is 0.461 e. The van der Waals surface area contributed by atoms with E-state index in [2.05, 4.69) is 5.32 Å². The van der Waals surface area contributed by atoms with Crippen LogP contribution in [0.15, 0.2) is 30.3 Å². The fourth-order valence-electron chi connectivity index (χ4n) is 3.99. The Morgan fingerprint density at radius 1 is 1.17 bits per heavy atom. The second-order valence-electron chi connectivity index (χ2n) is 8.84. The molecule has 0 heterocycles. The highest BCUT2D eigenvalue weighted by atomic mass is 16.5. The van der Waals surface area contributed by atoms with Crippen molar-refractivity contribution in [2.24, 2.45) is 11.8 Å². The average molecular weight is 417 g/mol. The number of esters is 1. The predicted octanol–water partition coefficient (Wildman–Crippen LogP) is 3.34. The summed E-state index contributed by atoms with van der Waals surface area (Å²) in [4.78, 5) is 38.9. The van der Waals surface area contributed by atoms with Crippen LogP contribution in [-0.4, -0.2) is 48.4 Å². The van der Waals surface area contributed by atoms with Gasteiger partial charge in [0.25, 0.3) is 0 Å². The van der Waals surface area contributed by atoms with Crippen molar-refractivity contribution in [1.29, 1.82) is 0 Å². The van der Waals surface area contributed by atoms with Crippen LogP contribution in [0.25, 0.3) is 0 Å². The lowest BCUT2D eigenvalue weighted by Gasteiger charge is -2.31. The number of nitrogens with one attached hydrogen (secondary N) is 1. The fourth-order valence-corrected chi connectivity index (χ4v) is 3.99. The predicted molar refractivity (Wildman–Crippen MR) is 117 cm³/mol. The summed E-state index contributed by atoms with van der Waals surface area (Å²) in [5.74, 6) is -0.716. The summed E-state index contributed by atoms with van der Waals surface area (Å²) >= 11 is 0. The number of rotatable bonds is 11. The van der Waals surface area contributed by atoms with Crippen LogP contribution >= 0.6 is 0 Å². The van der Waals surface area contributed by atoms with Crippen molar-refractivity contribution in [1.82, 2.24) is 10.2 Å². The zero-order valence-corrected chi connectivity index (χ0v) is 18.7. The van der Waals surface area contributed by atoms with Crippen LogP contribution in [-0.2, 0) is 25.5 Å². The van der Waals surface area contributed by atoms with Crippen LogP contribution in [0.5, 0.6) is 0 Å². The van der Waals surface area contributed by atoms with Crippen molar-refractivity contribution in [3.05, 3.63) is 35.9 Å². The Labute approximate surface area is 180 Å². The summed E-state index contributed by atoms with van der Waals surface area (Å²) in [7, 11) is 1.67. The molecule has 3 atom stereocenters. The van der Waals surface area contributed by atoms with Crippen molar-refractivity contribution in [3.63, 3.8) is 0 Å². The van der Waals surface area contributed by atoms with E-state index in [0.717, 1.165) is 37.7 Å². The van der Waals surface area contributed by atoms with Crippen LogP contribution in [0.4, 0.5) is 0 Å². The van der Waals surface area contributed by atoms with Crippen molar-refractivity contribution in [3.8, 4) is 0 Å². The van der Waals surface area contributed by atoms with Gasteiger partial charge in [-0.1, -0.05) is 44.2 Å². The minimum absolute atomic E-state index is 0.0562. The zero-order valence-electron chi connectivity index (χ0n) is 18.7. The van der Waals surface area contributed by atoms with E-state index < -0.39 is 12.0 Å². The number of ether oxygens (including phenoxy) is 1. The van der Waals surface area contributed by atoms with E-state index in [0.29, 0.717) is 12.8 Å². The first-order chi connectivity index (χ1) is 14.3. The van der Waals surface area contributed by atoms with Gasteiger partial charge in [0.05, 0.1) is 5.92 Å². The second kappa shape index (κ2) is 11.7. The summed E-state index contributed by atoms with van der Waals surface area (Å²) in [6, 6.07) is 8.62. The molecule has 3 unspecified atom stereocenters. The van der Waals surface area contributed by atoms with Gasteiger partial charge in [-0.15, -0.1) is 0 Å². The highest BCUT2D eigenvalue weighted by molar-refractivity contribution is 5.86. The maximum atomic E-state index is 13.2. The standard InChI is InChI=1S/C24H36N2O4/c1-17(2)14-21(18(3)26(4)16-27)23(28)25-22(15-19-10-6-5-7-11-19)24(29)30-20-12-8-9-13-20/h5-7,10-11,16-18,20-22H,8-9,12-15H2,1-4H3,(H,25,28). The molecule has 1 aliphatic carbocycles. The summed E-state index contributed by atoms with van der Waals surface area (Å²) in [5, 5.41) is 2.95. The lowest BCUT2D eigenvalue weighted by molar-refractivity contribution is -0.153. The Morgan fingerprint density at radius 3 is 2.37 bits per heavy atom. The maximum Gasteiger partial charge on any atom is 0.329 e. The molecule has 0 aromatic heterocycles. The van der Waals surface area contributed by atoms with E-state index in [1.807, 2.05) is 51.1 Å². The van der Waals surface area contributed by atoms with Gasteiger partial charge in [-0.2, -0.15) is 0 Å². The molecule has 0 bridgehead atoms. The number of nitrogens with zero attached hydrogens (tertiary/aromatic N) is 1. The van der Waals surface area contributed by atoms with Gasteiger partial charge in [0, 0.05) is 19.5 Å². The summed E-state index contributed by atoms with van der Waals surface area (Å²) in [6.45, 7) is 5.96. The second-order valence-corrected chi connectivity index (χ2v) is 8.84. The van der Waals surface area contributed by atoms with Gasteiger partial charge in [-0.25, -0.2) is 4.79 Å². The van der Waals surface area contributed by atoms with Gasteiger partial charge in [0.15, 0.2) is 0 Å². The number of carbonyl (C=O) groups is 3. The molecule has 1 aliphatic rings. The van der Waals surface area contributed by atoms with Crippen molar-refractivity contribution >= 4 is 18.3 Å². The van der Waals surface area contributed by atoms with Crippen LogP contribution in [0.2, 0.25) is 0 Å².